The molecule has 2 saturated carbocycles. The molecule has 0 amide bonds. The van der Waals surface area contributed by atoms with E-state index in [0.717, 1.165) is 6.42 Å². The van der Waals surface area contributed by atoms with Crippen LogP contribution in [0, 0.1) is 30.1 Å². The van der Waals surface area contributed by atoms with Gasteiger partial charge in [0.25, 0.3) is 0 Å². The quantitative estimate of drug-likeness (QED) is 0.557. The smallest absolute Gasteiger partial charge is 0.309 e. The van der Waals surface area contributed by atoms with Gasteiger partial charge < -0.3 is 9.47 Å². The van der Waals surface area contributed by atoms with Gasteiger partial charge in [0.05, 0.1) is 18.6 Å². The molecule has 0 aromatic rings. The van der Waals surface area contributed by atoms with E-state index in [-0.39, 0.29) is 18.0 Å². The van der Waals surface area contributed by atoms with Crippen LogP contribution >= 0.6 is 0 Å². The van der Waals surface area contributed by atoms with E-state index in [9.17, 15) is 4.79 Å². The maximum Gasteiger partial charge on any atom is 0.309 e. The Morgan fingerprint density at radius 1 is 1.54 bits per heavy atom. The summed E-state index contributed by atoms with van der Waals surface area (Å²) in [5.41, 5.74) is 0. The van der Waals surface area contributed by atoms with Gasteiger partial charge >= 0.3 is 5.97 Å². The van der Waals surface area contributed by atoms with Crippen molar-refractivity contribution in [2.45, 2.75) is 12.5 Å². The summed E-state index contributed by atoms with van der Waals surface area (Å²) in [7, 11) is 1.74. The van der Waals surface area contributed by atoms with Gasteiger partial charge in [0.15, 0.2) is 0 Å². The maximum atomic E-state index is 11.4. The number of hydrogen-bond donors (Lipinski definition) is 0. The normalized spacial score (nSPS) is 52.4. The summed E-state index contributed by atoms with van der Waals surface area (Å²) in [5, 5.41) is 0. The Kier molecular flexibility index (Phi) is 1.48. The second-order valence-electron chi connectivity index (χ2n) is 4.28. The third-order valence-corrected chi connectivity index (χ3v) is 3.84. The van der Waals surface area contributed by atoms with Crippen molar-refractivity contribution in [2.24, 2.45) is 23.7 Å². The second-order valence-corrected chi connectivity index (χ2v) is 4.28. The molecule has 1 heterocycles. The molecule has 0 N–H and O–H groups in total. The Labute approximate surface area is 77.4 Å². The Hall–Kier alpha value is -0.570. The molecule has 0 aromatic heterocycles. The van der Waals surface area contributed by atoms with E-state index in [4.69, 9.17) is 9.47 Å². The average molecular weight is 181 g/mol. The van der Waals surface area contributed by atoms with Crippen molar-refractivity contribution in [3.8, 4) is 0 Å². The van der Waals surface area contributed by atoms with Gasteiger partial charge in [-0.2, -0.15) is 0 Å². The van der Waals surface area contributed by atoms with Gasteiger partial charge in [-0.15, -0.1) is 0 Å². The first-order chi connectivity index (χ1) is 6.31. The Balaban J connectivity index is 1.87. The zero-order valence-corrected chi connectivity index (χ0v) is 7.60. The predicted molar refractivity (Wildman–Crippen MR) is 44.6 cm³/mol. The van der Waals surface area contributed by atoms with Crippen LogP contribution in [0.3, 0.4) is 0 Å². The minimum Gasteiger partial charge on any atom is -0.465 e. The number of rotatable bonds is 1. The molecule has 3 rings (SSSR count). The number of hydrogen-bond acceptors (Lipinski definition) is 3. The molecule has 5 atom stereocenters. The number of carbonyl (C=O) groups excluding carboxylic acids is 1. The van der Waals surface area contributed by atoms with E-state index in [1.807, 2.05) is 0 Å². The van der Waals surface area contributed by atoms with Crippen molar-refractivity contribution >= 4 is 5.97 Å². The van der Waals surface area contributed by atoms with Crippen LogP contribution in [0.1, 0.15) is 6.42 Å². The van der Waals surface area contributed by atoms with Crippen molar-refractivity contribution in [2.75, 3.05) is 13.7 Å². The Bertz CT molecular complexity index is 249. The fourth-order valence-electron chi connectivity index (χ4n) is 3.29. The van der Waals surface area contributed by atoms with Crippen molar-refractivity contribution in [3.05, 3.63) is 6.42 Å². The SMILES string of the molecule is COC1[CH]C2CC1C1COC(=O)C21. The van der Waals surface area contributed by atoms with Gasteiger partial charge in [0.1, 0.15) is 0 Å². The van der Waals surface area contributed by atoms with Gasteiger partial charge in [-0.05, 0) is 24.7 Å². The molecule has 2 aliphatic carbocycles. The van der Waals surface area contributed by atoms with E-state index in [1.165, 1.54) is 0 Å². The molecule has 1 radical (unpaired) electrons. The largest absolute Gasteiger partial charge is 0.465 e. The average Bonchev–Trinajstić information content (AvgIpc) is 2.76. The number of fused-ring (bicyclic) bond motifs is 5. The molecule has 3 aliphatic rings. The zero-order chi connectivity index (χ0) is 9.00. The highest BCUT2D eigenvalue weighted by Crippen LogP contribution is 2.55. The molecule has 1 saturated heterocycles. The topological polar surface area (TPSA) is 35.5 Å². The van der Waals surface area contributed by atoms with Crippen LogP contribution < -0.4 is 0 Å². The molecule has 5 unspecified atom stereocenters. The summed E-state index contributed by atoms with van der Waals surface area (Å²) in [4.78, 5) is 11.4. The Morgan fingerprint density at radius 3 is 3.15 bits per heavy atom. The van der Waals surface area contributed by atoms with Gasteiger partial charge in [-0.1, -0.05) is 0 Å². The summed E-state index contributed by atoms with van der Waals surface area (Å²) in [6.07, 6.45) is 3.59. The molecule has 71 valence electrons. The van der Waals surface area contributed by atoms with Crippen LogP contribution in [0.25, 0.3) is 0 Å². The molecular weight excluding hydrogens is 168 g/mol. The zero-order valence-electron chi connectivity index (χ0n) is 7.60. The molecule has 3 heteroatoms. The first kappa shape index (κ1) is 7.80. The third-order valence-electron chi connectivity index (χ3n) is 3.84. The van der Waals surface area contributed by atoms with Crippen molar-refractivity contribution in [1.82, 2.24) is 0 Å². The summed E-state index contributed by atoms with van der Waals surface area (Å²) in [5.74, 6) is 1.58. The first-order valence-corrected chi connectivity index (χ1v) is 4.85. The number of cyclic esters (lactones) is 1. The van der Waals surface area contributed by atoms with Crippen LogP contribution in [0.4, 0.5) is 0 Å². The second kappa shape index (κ2) is 2.47. The number of esters is 1. The molecule has 2 bridgehead atoms. The van der Waals surface area contributed by atoms with E-state index in [2.05, 4.69) is 6.42 Å². The lowest BCUT2D eigenvalue weighted by Gasteiger charge is -2.26. The fourth-order valence-corrected chi connectivity index (χ4v) is 3.29. The molecule has 1 aliphatic heterocycles. The third kappa shape index (κ3) is 0.857. The number of carbonyl (C=O) groups is 1. The lowest BCUT2D eigenvalue weighted by atomic mass is 9.80. The van der Waals surface area contributed by atoms with E-state index in [1.54, 1.807) is 7.11 Å². The predicted octanol–water partition coefficient (Wildman–Crippen LogP) is 0.645. The summed E-state index contributed by atoms with van der Waals surface area (Å²) < 4.78 is 10.4. The van der Waals surface area contributed by atoms with Gasteiger partial charge in [-0.3, -0.25) is 4.79 Å². The van der Waals surface area contributed by atoms with Gasteiger partial charge in [-0.25, -0.2) is 0 Å². The molecule has 3 fully saturated rings. The van der Waals surface area contributed by atoms with Crippen molar-refractivity contribution < 1.29 is 14.3 Å². The molecule has 0 spiro atoms. The molecule has 0 aromatic carbocycles. The van der Waals surface area contributed by atoms with Crippen molar-refractivity contribution in [3.63, 3.8) is 0 Å². The highest BCUT2D eigenvalue weighted by molar-refractivity contribution is 5.76. The number of ether oxygens (including phenoxy) is 2. The standard InChI is InChI=1S/C10H13O3/c1-12-8-3-5-2-6(8)7-4-13-10(11)9(5)7/h3,5-9H,2,4H2,1H3. The van der Waals surface area contributed by atoms with Crippen LogP contribution in [-0.4, -0.2) is 25.8 Å². The highest BCUT2D eigenvalue weighted by atomic mass is 16.5. The van der Waals surface area contributed by atoms with E-state index >= 15 is 0 Å². The van der Waals surface area contributed by atoms with E-state index in [0.29, 0.717) is 24.4 Å². The van der Waals surface area contributed by atoms with Gasteiger partial charge in [0.2, 0.25) is 0 Å². The van der Waals surface area contributed by atoms with Gasteiger partial charge in [0, 0.05) is 13.0 Å². The van der Waals surface area contributed by atoms with Crippen LogP contribution in [0.2, 0.25) is 0 Å². The maximum absolute atomic E-state index is 11.4. The van der Waals surface area contributed by atoms with Crippen LogP contribution in [0.15, 0.2) is 0 Å². The highest BCUT2D eigenvalue weighted by Gasteiger charge is 2.59. The van der Waals surface area contributed by atoms with Crippen LogP contribution in [0.5, 0.6) is 0 Å². The summed E-state index contributed by atoms with van der Waals surface area (Å²) >= 11 is 0. The number of methoxy groups -OCH3 is 1. The molecule has 3 nitrogen and oxygen atoms in total. The summed E-state index contributed by atoms with van der Waals surface area (Å²) in [6, 6.07) is 0. The minimum absolute atomic E-state index is 0.0169. The first-order valence-electron chi connectivity index (χ1n) is 4.85. The lowest BCUT2D eigenvalue weighted by molar-refractivity contribution is -0.142. The summed E-state index contributed by atoms with van der Waals surface area (Å²) in [6.45, 7) is 0.623. The van der Waals surface area contributed by atoms with E-state index < -0.39 is 0 Å². The Morgan fingerprint density at radius 2 is 2.38 bits per heavy atom. The molecule has 13 heavy (non-hydrogen) atoms. The molecular formula is C10H13O3. The minimum atomic E-state index is 0.0169. The monoisotopic (exact) mass is 181 g/mol. The fraction of sp³-hybridized carbons (Fsp3) is 0.800. The lowest BCUT2D eigenvalue weighted by Crippen LogP contribution is -2.33. The van der Waals surface area contributed by atoms with Crippen molar-refractivity contribution in [1.29, 1.82) is 0 Å². The van der Waals surface area contributed by atoms with Crippen LogP contribution in [-0.2, 0) is 14.3 Å².